The Labute approximate surface area is 232 Å². The number of H-pyrrole nitrogens is 1. The fraction of sp³-hybridized carbons (Fsp3) is 0.300. The minimum Gasteiger partial charge on any atom is -0.398 e. The van der Waals surface area contributed by atoms with Crippen LogP contribution < -0.4 is 22.1 Å². The van der Waals surface area contributed by atoms with Crippen molar-refractivity contribution in [3.05, 3.63) is 78.4 Å². The summed E-state index contributed by atoms with van der Waals surface area (Å²) in [5.74, 6) is 0.448. The zero-order chi connectivity index (χ0) is 27.9. The van der Waals surface area contributed by atoms with Gasteiger partial charge in [-0.15, -0.1) is 10.2 Å². The van der Waals surface area contributed by atoms with Gasteiger partial charge in [0.1, 0.15) is 6.04 Å². The predicted molar refractivity (Wildman–Crippen MR) is 155 cm³/mol. The summed E-state index contributed by atoms with van der Waals surface area (Å²) in [5.41, 5.74) is 16.9. The number of aromatic amines is 1. The van der Waals surface area contributed by atoms with E-state index < -0.39 is 6.04 Å². The van der Waals surface area contributed by atoms with E-state index in [1.54, 1.807) is 24.3 Å². The zero-order valence-corrected chi connectivity index (χ0v) is 22.2. The molecule has 0 unspecified atom stereocenters. The van der Waals surface area contributed by atoms with Crippen LogP contribution in [0.3, 0.4) is 0 Å². The fourth-order valence-electron chi connectivity index (χ4n) is 5.19. The van der Waals surface area contributed by atoms with Crippen LogP contribution in [-0.4, -0.2) is 45.0 Å². The minimum absolute atomic E-state index is 0.0863. The lowest BCUT2D eigenvalue weighted by Gasteiger charge is -2.28. The smallest absolute Gasteiger partial charge is 0.247 e. The molecule has 5 rings (SSSR count). The van der Waals surface area contributed by atoms with E-state index in [9.17, 15) is 9.59 Å². The predicted octanol–water partition coefficient (Wildman–Crippen LogP) is 3.55. The van der Waals surface area contributed by atoms with Crippen molar-refractivity contribution in [3.8, 4) is 22.5 Å². The second-order valence-electron chi connectivity index (χ2n) is 10.3. The summed E-state index contributed by atoms with van der Waals surface area (Å²) in [6, 6.07) is 22.0. The molecule has 4 aromatic rings. The van der Waals surface area contributed by atoms with Gasteiger partial charge < -0.3 is 22.1 Å². The molecular formula is C30H34N8O2. The zero-order valence-electron chi connectivity index (χ0n) is 22.2. The van der Waals surface area contributed by atoms with Gasteiger partial charge in [-0.3, -0.25) is 9.59 Å². The molecule has 1 aromatic heterocycles. The molecule has 0 radical (unpaired) electrons. The standard InChI is InChI=1S/C30H34N8O2/c31-18-20-7-11-23(12-8-20)29(39)34-27(17-19-5-9-21(10-6-19)25-3-1-2-4-26(25)32)30(40)33-24-15-13-22(14-16-24)28-35-37-38-36-28/h1-6,9-10,13-16,20,23,27H,7-8,11-12,17-18,31-32H2,(H,33,40)(H,34,39)(H,35,36,37,38)/t20-,23-,27-/m0/s1. The maximum absolute atomic E-state index is 13.5. The molecule has 1 fully saturated rings. The molecule has 1 aliphatic rings. The van der Waals surface area contributed by atoms with Gasteiger partial charge in [0, 0.05) is 34.8 Å². The summed E-state index contributed by atoms with van der Waals surface area (Å²) in [6.45, 7) is 0.648. The van der Waals surface area contributed by atoms with Gasteiger partial charge in [-0.1, -0.05) is 42.5 Å². The van der Waals surface area contributed by atoms with Crippen molar-refractivity contribution in [1.29, 1.82) is 0 Å². The Balaban J connectivity index is 1.30. The third-order valence-electron chi connectivity index (χ3n) is 7.61. The van der Waals surface area contributed by atoms with E-state index in [1.165, 1.54) is 0 Å². The summed E-state index contributed by atoms with van der Waals surface area (Å²) >= 11 is 0. The number of aromatic nitrogens is 4. The number of anilines is 2. The first kappa shape index (κ1) is 27.0. The van der Waals surface area contributed by atoms with Crippen LogP contribution in [0.1, 0.15) is 31.2 Å². The highest BCUT2D eigenvalue weighted by Crippen LogP contribution is 2.29. The summed E-state index contributed by atoms with van der Waals surface area (Å²) in [4.78, 5) is 26.7. The van der Waals surface area contributed by atoms with Crippen molar-refractivity contribution in [3.63, 3.8) is 0 Å². The van der Waals surface area contributed by atoms with Crippen LogP contribution in [0.25, 0.3) is 22.5 Å². The number of carbonyl (C=O) groups excluding carboxylic acids is 2. The van der Waals surface area contributed by atoms with Gasteiger partial charge in [0.25, 0.3) is 0 Å². The van der Waals surface area contributed by atoms with Gasteiger partial charge >= 0.3 is 0 Å². The number of hydrogen-bond acceptors (Lipinski definition) is 7. The highest BCUT2D eigenvalue weighted by Gasteiger charge is 2.29. The second-order valence-corrected chi connectivity index (χ2v) is 10.3. The minimum atomic E-state index is -0.746. The number of tetrazole rings is 1. The Bertz CT molecular complexity index is 1410. The van der Waals surface area contributed by atoms with Crippen LogP contribution in [0.2, 0.25) is 0 Å². The Kier molecular flexibility index (Phi) is 8.46. The normalized spacial score (nSPS) is 17.6. The molecule has 1 saturated carbocycles. The van der Waals surface area contributed by atoms with Crippen LogP contribution in [0.4, 0.5) is 11.4 Å². The van der Waals surface area contributed by atoms with E-state index in [0.29, 0.717) is 36.1 Å². The third-order valence-corrected chi connectivity index (χ3v) is 7.61. The van der Waals surface area contributed by atoms with Crippen LogP contribution in [0.5, 0.6) is 0 Å². The Morgan fingerprint density at radius 1 is 0.925 bits per heavy atom. The van der Waals surface area contributed by atoms with Crippen molar-refractivity contribution >= 4 is 23.2 Å². The molecule has 0 aliphatic heterocycles. The lowest BCUT2D eigenvalue weighted by atomic mass is 9.81. The fourth-order valence-corrected chi connectivity index (χ4v) is 5.19. The van der Waals surface area contributed by atoms with Crippen molar-refractivity contribution in [2.45, 2.75) is 38.1 Å². The summed E-state index contributed by atoms with van der Waals surface area (Å²) in [6.07, 6.45) is 3.78. The summed E-state index contributed by atoms with van der Waals surface area (Å²) in [7, 11) is 0. The van der Waals surface area contributed by atoms with E-state index in [1.807, 2.05) is 48.5 Å². The van der Waals surface area contributed by atoms with Gasteiger partial charge in [-0.25, -0.2) is 0 Å². The molecule has 1 aliphatic carbocycles. The van der Waals surface area contributed by atoms with Gasteiger partial charge in [-0.05, 0) is 84.8 Å². The lowest BCUT2D eigenvalue weighted by molar-refractivity contribution is -0.130. The van der Waals surface area contributed by atoms with Gasteiger partial charge in [0.15, 0.2) is 0 Å². The molecule has 1 heterocycles. The van der Waals surface area contributed by atoms with E-state index in [2.05, 4.69) is 31.3 Å². The molecule has 40 heavy (non-hydrogen) atoms. The van der Waals surface area contributed by atoms with Crippen LogP contribution in [0, 0.1) is 11.8 Å². The van der Waals surface area contributed by atoms with Crippen LogP contribution in [0.15, 0.2) is 72.8 Å². The third kappa shape index (κ3) is 6.52. The van der Waals surface area contributed by atoms with Crippen molar-refractivity contribution in [2.75, 3.05) is 17.6 Å². The summed E-state index contributed by atoms with van der Waals surface area (Å²) in [5, 5.41) is 19.9. The molecule has 1 atom stereocenters. The number of nitrogens with zero attached hydrogens (tertiary/aromatic N) is 3. The number of nitrogen functional groups attached to an aromatic ring is 1. The van der Waals surface area contributed by atoms with E-state index >= 15 is 0 Å². The van der Waals surface area contributed by atoms with Gasteiger partial charge in [0.05, 0.1) is 0 Å². The Morgan fingerprint density at radius 3 is 2.27 bits per heavy atom. The Morgan fingerprint density at radius 2 is 1.62 bits per heavy atom. The maximum atomic E-state index is 13.5. The van der Waals surface area contributed by atoms with E-state index in [4.69, 9.17) is 11.5 Å². The number of nitrogens with one attached hydrogen (secondary N) is 3. The lowest BCUT2D eigenvalue weighted by Crippen LogP contribution is -2.48. The molecule has 3 aromatic carbocycles. The van der Waals surface area contributed by atoms with E-state index in [-0.39, 0.29) is 17.7 Å². The first-order valence-electron chi connectivity index (χ1n) is 13.6. The maximum Gasteiger partial charge on any atom is 0.247 e. The second kappa shape index (κ2) is 12.5. The monoisotopic (exact) mass is 538 g/mol. The number of hydrogen-bond donors (Lipinski definition) is 5. The molecule has 0 spiro atoms. The molecule has 206 valence electrons. The molecule has 0 saturated heterocycles. The number of carbonyl (C=O) groups is 2. The topological polar surface area (TPSA) is 165 Å². The Hall–Kier alpha value is -4.57. The number of benzene rings is 3. The van der Waals surface area contributed by atoms with Gasteiger partial charge in [0.2, 0.25) is 17.6 Å². The van der Waals surface area contributed by atoms with Crippen molar-refractivity contribution < 1.29 is 9.59 Å². The number of amides is 2. The van der Waals surface area contributed by atoms with Crippen molar-refractivity contribution in [1.82, 2.24) is 25.9 Å². The van der Waals surface area contributed by atoms with Crippen LogP contribution >= 0.6 is 0 Å². The first-order valence-corrected chi connectivity index (χ1v) is 13.6. The molecule has 10 nitrogen and oxygen atoms in total. The van der Waals surface area contributed by atoms with Crippen LogP contribution in [-0.2, 0) is 16.0 Å². The van der Waals surface area contributed by atoms with E-state index in [0.717, 1.165) is 47.9 Å². The number of nitrogens with two attached hydrogens (primary N) is 2. The quantitative estimate of drug-likeness (QED) is 0.203. The highest BCUT2D eigenvalue weighted by molar-refractivity contribution is 5.97. The van der Waals surface area contributed by atoms with Gasteiger partial charge in [-0.2, -0.15) is 5.21 Å². The average molecular weight is 539 g/mol. The number of rotatable bonds is 9. The molecule has 2 amide bonds. The largest absolute Gasteiger partial charge is 0.398 e. The average Bonchev–Trinajstić information content (AvgIpc) is 3.53. The van der Waals surface area contributed by atoms with Crippen molar-refractivity contribution in [2.24, 2.45) is 17.6 Å². The summed E-state index contributed by atoms with van der Waals surface area (Å²) < 4.78 is 0. The molecule has 7 N–H and O–H groups in total. The molecule has 0 bridgehead atoms. The SMILES string of the molecule is NC[C@H]1CC[C@H](C(=O)N[C@@H](Cc2ccc(-c3ccccc3N)cc2)C(=O)Nc2ccc(-c3nn[nH]n3)cc2)CC1. The molecule has 10 heteroatoms. The number of para-hydroxylation sites is 1. The molecular weight excluding hydrogens is 504 g/mol. The highest BCUT2D eigenvalue weighted by atomic mass is 16.2. The first-order chi connectivity index (χ1) is 19.5.